The van der Waals surface area contributed by atoms with Gasteiger partial charge in [-0.25, -0.2) is 4.39 Å². The van der Waals surface area contributed by atoms with E-state index in [4.69, 9.17) is 4.74 Å². The average molecular weight is 529 g/mol. The maximum Gasteiger partial charge on any atom is 0.131 e. The monoisotopic (exact) mass is 528 g/mol. The molecule has 4 rings (SSSR count). The summed E-state index contributed by atoms with van der Waals surface area (Å²) in [7, 11) is 0. The minimum absolute atomic E-state index is 0.0991. The standard InChI is InChI=1S/C37H49FO/c1-7-27-22-32(34-20-16-30(24-35(34)38)29-14-12-26(6)13-15-29)17-19-33(27)31-18-21-36(28(8-2)23-31)39-25-37(9-3,10-4)11-5/h16-24,26,29H,7-15,25H2,1-6H3. The summed E-state index contributed by atoms with van der Waals surface area (Å²) in [5.41, 5.74) is 8.00. The first-order valence-electron chi connectivity index (χ1n) is 15.6. The molecule has 1 aliphatic carbocycles. The number of ether oxygens (including phenoxy) is 1. The van der Waals surface area contributed by atoms with Gasteiger partial charge in [0, 0.05) is 11.0 Å². The lowest BCUT2D eigenvalue weighted by Gasteiger charge is -2.30. The summed E-state index contributed by atoms with van der Waals surface area (Å²) < 4.78 is 21.8. The highest BCUT2D eigenvalue weighted by Crippen LogP contribution is 2.38. The molecule has 0 saturated heterocycles. The number of hydrogen-bond acceptors (Lipinski definition) is 1. The molecular weight excluding hydrogens is 479 g/mol. The highest BCUT2D eigenvalue weighted by molar-refractivity contribution is 5.75. The number of aryl methyl sites for hydroxylation is 2. The van der Waals surface area contributed by atoms with Crippen molar-refractivity contribution in [2.45, 2.75) is 105 Å². The van der Waals surface area contributed by atoms with Crippen LogP contribution >= 0.6 is 0 Å². The van der Waals surface area contributed by atoms with Gasteiger partial charge in [-0.15, -0.1) is 0 Å². The average Bonchev–Trinajstić information content (AvgIpc) is 2.98. The maximum absolute atomic E-state index is 15.4. The summed E-state index contributed by atoms with van der Waals surface area (Å²) in [6.07, 6.45) is 10.1. The van der Waals surface area contributed by atoms with E-state index in [0.29, 0.717) is 11.5 Å². The number of benzene rings is 3. The van der Waals surface area contributed by atoms with Crippen LogP contribution in [0.25, 0.3) is 22.3 Å². The molecule has 0 aromatic heterocycles. The molecule has 0 heterocycles. The molecule has 1 saturated carbocycles. The van der Waals surface area contributed by atoms with Gasteiger partial charge in [-0.1, -0.05) is 90.8 Å². The molecule has 1 fully saturated rings. The van der Waals surface area contributed by atoms with Crippen molar-refractivity contribution in [2.24, 2.45) is 11.3 Å². The minimum atomic E-state index is -0.0991. The highest BCUT2D eigenvalue weighted by Gasteiger charge is 2.25. The van der Waals surface area contributed by atoms with Gasteiger partial charge < -0.3 is 4.74 Å². The molecule has 1 aliphatic rings. The molecule has 39 heavy (non-hydrogen) atoms. The first-order valence-corrected chi connectivity index (χ1v) is 15.6. The molecule has 0 bridgehead atoms. The van der Waals surface area contributed by atoms with Crippen molar-refractivity contribution in [3.8, 4) is 28.0 Å². The Hall–Kier alpha value is -2.61. The van der Waals surface area contributed by atoms with Crippen LogP contribution in [0.1, 0.15) is 109 Å². The SMILES string of the molecule is CCc1cc(-c2ccc(-c3ccc(C4CCC(C)CC4)cc3F)cc2CC)ccc1OCC(CC)(CC)CC. The number of halogens is 1. The summed E-state index contributed by atoms with van der Waals surface area (Å²) >= 11 is 0. The van der Waals surface area contributed by atoms with Gasteiger partial charge in [0.05, 0.1) is 6.61 Å². The molecule has 0 spiro atoms. The van der Waals surface area contributed by atoms with Crippen molar-refractivity contribution < 1.29 is 9.13 Å². The predicted octanol–water partition coefficient (Wildman–Crippen LogP) is 11.2. The van der Waals surface area contributed by atoms with E-state index in [-0.39, 0.29) is 11.2 Å². The zero-order chi connectivity index (χ0) is 28.0. The topological polar surface area (TPSA) is 9.23 Å². The quantitative estimate of drug-likeness (QED) is 0.240. The lowest BCUT2D eigenvalue weighted by molar-refractivity contribution is 0.127. The minimum Gasteiger partial charge on any atom is -0.493 e. The first kappa shape index (κ1) is 29.4. The molecule has 210 valence electrons. The largest absolute Gasteiger partial charge is 0.493 e. The third-order valence-electron chi connectivity index (χ3n) is 9.81. The Morgan fingerprint density at radius 3 is 1.92 bits per heavy atom. The molecule has 2 heteroatoms. The number of rotatable bonds is 11. The fourth-order valence-electron chi connectivity index (χ4n) is 6.40. The molecule has 0 amide bonds. The Morgan fingerprint density at radius 1 is 0.718 bits per heavy atom. The van der Waals surface area contributed by atoms with Crippen molar-refractivity contribution in [1.82, 2.24) is 0 Å². The third kappa shape index (κ3) is 6.59. The van der Waals surface area contributed by atoms with E-state index >= 15 is 4.39 Å². The van der Waals surface area contributed by atoms with Gasteiger partial charge in [0.15, 0.2) is 0 Å². The third-order valence-corrected chi connectivity index (χ3v) is 9.81. The van der Waals surface area contributed by atoms with Crippen LogP contribution in [-0.2, 0) is 12.8 Å². The van der Waals surface area contributed by atoms with E-state index in [1.54, 1.807) is 6.07 Å². The van der Waals surface area contributed by atoms with E-state index in [2.05, 4.69) is 84.0 Å². The summed E-state index contributed by atoms with van der Waals surface area (Å²) in [5.74, 6) is 2.21. The molecule has 3 aromatic rings. The van der Waals surface area contributed by atoms with Gasteiger partial charge in [0.1, 0.15) is 11.6 Å². The van der Waals surface area contributed by atoms with E-state index in [1.807, 2.05) is 6.07 Å². The van der Waals surface area contributed by atoms with Crippen molar-refractivity contribution in [2.75, 3.05) is 6.61 Å². The van der Waals surface area contributed by atoms with Gasteiger partial charge in [-0.2, -0.15) is 0 Å². The van der Waals surface area contributed by atoms with Gasteiger partial charge in [-0.05, 0) is 108 Å². The van der Waals surface area contributed by atoms with Crippen molar-refractivity contribution in [3.05, 3.63) is 77.1 Å². The molecule has 3 aromatic carbocycles. The Morgan fingerprint density at radius 2 is 1.31 bits per heavy atom. The van der Waals surface area contributed by atoms with Crippen LogP contribution in [0, 0.1) is 17.2 Å². The second-order valence-corrected chi connectivity index (χ2v) is 11.9. The van der Waals surface area contributed by atoms with Crippen molar-refractivity contribution in [3.63, 3.8) is 0 Å². The second-order valence-electron chi connectivity index (χ2n) is 11.9. The van der Waals surface area contributed by atoms with Crippen LogP contribution in [-0.4, -0.2) is 6.61 Å². The van der Waals surface area contributed by atoms with Crippen LogP contribution in [0.15, 0.2) is 54.6 Å². The maximum atomic E-state index is 15.4. The number of hydrogen-bond donors (Lipinski definition) is 0. The molecule has 0 atom stereocenters. The summed E-state index contributed by atoms with van der Waals surface area (Å²) in [6, 6.07) is 19.0. The zero-order valence-electron chi connectivity index (χ0n) is 25.2. The van der Waals surface area contributed by atoms with Crippen LogP contribution in [0.5, 0.6) is 5.75 Å². The van der Waals surface area contributed by atoms with Crippen LogP contribution in [0.3, 0.4) is 0 Å². The molecular formula is C37H49FO. The first-order chi connectivity index (χ1) is 18.9. The fraction of sp³-hybridized carbons (Fsp3) is 0.514. The van der Waals surface area contributed by atoms with Crippen molar-refractivity contribution >= 4 is 0 Å². The van der Waals surface area contributed by atoms with Gasteiger partial charge in [0.25, 0.3) is 0 Å². The summed E-state index contributed by atoms with van der Waals surface area (Å²) in [4.78, 5) is 0. The molecule has 0 radical (unpaired) electrons. The van der Waals surface area contributed by atoms with E-state index in [1.165, 1.54) is 53.5 Å². The van der Waals surface area contributed by atoms with Gasteiger partial charge in [0.2, 0.25) is 0 Å². The Kier molecular flexibility index (Phi) is 9.91. The molecule has 0 aliphatic heterocycles. The Bertz CT molecular complexity index is 1220. The molecule has 0 N–H and O–H groups in total. The second kappa shape index (κ2) is 13.2. The van der Waals surface area contributed by atoms with Crippen molar-refractivity contribution in [1.29, 1.82) is 0 Å². The van der Waals surface area contributed by atoms with Crippen LogP contribution < -0.4 is 4.74 Å². The Balaban J connectivity index is 1.57. The van der Waals surface area contributed by atoms with E-state index < -0.39 is 0 Å². The van der Waals surface area contributed by atoms with E-state index in [9.17, 15) is 0 Å². The van der Waals surface area contributed by atoms with E-state index in [0.717, 1.165) is 55.9 Å². The summed E-state index contributed by atoms with van der Waals surface area (Å²) in [6.45, 7) is 14.3. The highest BCUT2D eigenvalue weighted by atomic mass is 19.1. The molecule has 0 unspecified atom stereocenters. The van der Waals surface area contributed by atoms with Gasteiger partial charge in [-0.3, -0.25) is 0 Å². The fourth-order valence-corrected chi connectivity index (χ4v) is 6.40. The molecule has 1 nitrogen and oxygen atoms in total. The predicted molar refractivity (Wildman–Crippen MR) is 165 cm³/mol. The normalized spacial score (nSPS) is 17.8. The lowest BCUT2D eigenvalue weighted by Crippen LogP contribution is -2.26. The zero-order valence-corrected chi connectivity index (χ0v) is 25.2. The lowest BCUT2D eigenvalue weighted by atomic mass is 9.79. The van der Waals surface area contributed by atoms with Gasteiger partial charge >= 0.3 is 0 Å². The smallest absolute Gasteiger partial charge is 0.131 e. The summed E-state index contributed by atoms with van der Waals surface area (Å²) in [5, 5.41) is 0. The van der Waals surface area contributed by atoms with Crippen LogP contribution in [0.4, 0.5) is 4.39 Å². The van der Waals surface area contributed by atoms with Crippen LogP contribution in [0.2, 0.25) is 0 Å². The Labute approximate surface area is 237 Å².